The van der Waals surface area contributed by atoms with Crippen molar-refractivity contribution >= 4 is 5.97 Å². The van der Waals surface area contributed by atoms with Crippen LogP contribution in [0.4, 0.5) is 4.39 Å². The van der Waals surface area contributed by atoms with Crippen molar-refractivity contribution in [1.29, 1.82) is 0 Å². The lowest BCUT2D eigenvalue weighted by molar-refractivity contribution is 0.0525. The second-order valence-corrected chi connectivity index (χ2v) is 7.93. The molecule has 2 aromatic carbocycles. The van der Waals surface area contributed by atoms with Crippen molar-refractivity contribution in [3.63, 3.8) is 0 Å². The van der Waals surface area contributed by atoms with Gasteiger partial charge in [0.05, 0.1) is 23.9 Å². The van der Waals surface area contributed by atoms with Crippen LogP contribution in [-0.2, 0) is 11.3 Å². The molecule has 0 spiro atoms. The van der Waals surface area contributed by atoms with Gasteiger partial charge < -0.3 is 4.74 Å². The van der Waals surface area contributed by atoms with E-state index in [-0.39, 0.29) is 17.8 Å². The summed E-state index contributed by atoms with van der Waals surface area (Å²) in [4.78, 5) is 21.2. The molecule has 0 N–H and O–H groups in total. The molecular weight excluding hydrogens is 405 g/mol. The smallest absolute Gasteiger partial charge is 0.338 e. The Morgan fingerprint density at radius 1 is 1.00 bits per heavy atom. The van der Waals surface area contributed by atoms with E-state index in [0.29, 0.717) is 18.7 Å². The molecule has 3 aromatic rings. The molecule has 2 heterocycles. The Bertz CT molecular complexity index is 1020. The van der Waals surface area contributed by atoms with Gasteiger partial charge in [0.25, 0.3) is 0 Å². The Balaban J connectivity index is 1.44. The summed E-state index contributed by atoms with van der Waals surface area (Å²) in [7, 11) is 0. The summed E-state index contributed by atoms with van der Waals surface area (Å²) >= 11 is 0. The van der Waals surface area contributed by atoms with Crippen LogP contribution in [0.25, 0.3) is 0 Å². The largest absolute Gasteiger partial charge is 0.462 e. The van der Waals surface area contributed by atoms with E-state index in [9.17, 15) is 9.18 Å². The Labute approximate surface area is 188 Å². The van der Waals surface area contributed by atoms with Crippen molar-refractivity contribution in [2.75, 3.05) is 32.8 Å². The number of hydrogen-bond acceptors (Lipinski definition) is 5. The fraction of sp³-hybridized carbons (Fsp3) is 0.308. The van der Waals surface area contributed by atoms with Crippen LogP contribution in [0.5, 0.6) is 0 Å². The lowest BCUT2D eigenvalue weighted by Gasteiger charge is -2.39. The monoisotopic (exact) mass is 433 g/mol. The molecule has 5 nitrogen and oxygen atoms in total. The SMILES string of the molecule is CCOC(=O)c1ccnc(CN2CCN(C(c3ccccc3)c3ccc(F)cc3)CC2)c1. The van der Waals surface area contributed by atoms with E-state index in [2.05, 4.69) is 26.9 Å². The van der Waals surface area contributed by atoms with Crippen LogP contribution >= 0.6 is 0 Å². The average molecular weight is 434 g/mol. The van der Waals surface area contributed by atoms with Gasteiger partial charge in [0.15, 0.2) is 0 Å². The number of nitrogens with zero attached hydrogens (tertiary/aromatic N) is 3. The standard InChI is InChI=1S/C26H28FN3O2/c1-2-32-26(31)22-12-13-28-24(18-22)19-29-14-16-30(17-15-29)25(20-6-4-3-5-7-20)21-8-10-23(27)11-9-21/h3-13,18,25H,2,14-17,19H2,1H3. The molecular formula is C26H28FN3O2. The second-order valence-electron chi connectivity index (χ2n) is 7.93. The van der Waals surface area contributed by atoms with Crippen molar-refractivity contribution in [3.05, 3.63) is 101 Å². The van der Waals surface area contributed by atoms with E-state index in [1.807, 2.05) is 36.4 Å². The molecule has 1 aliphatic rings. The van der Waals surface area contributed by atoms with Crippen LogP contribution < -0.4 is 0 Å². The van der Waals surface area contributed by atoms with E-state index < -0.39 is 0 Å². The number of carbonyl (C=O) groups is 1. The minimum absolute atomic E-state index is 0.0872. The molecule has 32 heavy (non-hydrogen) atoms. The van der Waals surface area contributed by atoms with Crippen molar-refractivity contribution < 1.29 is 13.9 Å². The Hall–Kier alpha value is -3.09. The first kappa shape index (κ1) is 22.1. The highest BCUT2D eigenvalue weighted by molar-refractivity contribution is 5.89. The normalized spacial score (nSPS) is 15.9. The first-order valence-corrected chi connectivity index (χ1v) is 11.0. The van der Waals surface area contributed by atoms with Crippen LogP contribution in [0, 0.1) is 5.82 Å². The van der Waals surface area contributed by atoms with Gasteiger partial charge >= 0.3 is 5.97 Å². The van der Waals surface area contributed by atoms with Crippen molar-refractivity contribution in [3.8, 4) is 0 Å². The predicted octanol–water partition coefficient (Wildman–Crippen LogP) is 4.30. The Kier molecular flexibility index (Phi) is 7.24. The number of carbonyl (C=O) groups excluding carboxylic acids is 1. The van der Waals surface area contributed by atoms with Gasteiger partial charge in [-0.1, -0.05) is 42.5 Å². The molecule has 166 valence electrons. The number of aromatic nitrogens is 1. The summed E-state index contributed by atoms with van der Waals surface area (Å²) in [5.74, 6) is -0.533. The minimum atomic E-state index is -0.314. The van der Waals surface area contributed by atoms with E-state index in [1.54, 1.807) is 19.2 Å². The predicted molar refractivity (Wildman–Crippen MR) is 122 cm³/mol. The Morgan fingerprint density at radius 2 is 1.69 bits per heavy atom. The third-order valence-electron chi connectivity index (χ3n) is 5.79. The highest BCUT2D eigenvalue weighted by Gasteiger charge is 2.26. The van der Waals surface area contributed by atoms with Crippen molar-refractivity contribution in [2.24, 2.45) is 0 Å². The molecule has 4 rings (SSSR count). The molecule has 1 saturated heterocycles. The maximum absolute atomic E-state index is 13.5. The summed E-state index contributed by atoms with van der Waals surface area (Å²) in [5.41, 5.74) is 3.70. The molecule has 0 bridgehead atoms. The molecule has 6 heteroatoms. The minimum Gasteiger partial charge on any atom is -0.462 e. The first-order valence-electron chi connectivity index (χ1n) is 11.0. The molecule has 1 fully saturated rings. The summed E-state index contributed by atoms with van der Waals surface area (Å²) in [5, 5.41) is 0. The van der Waals surface area contributed by atoms with Gasteiger partial charge in [-0.3, -0.25) is 14.8 Å². The molecule has 1 atom stereocenters. The second kappa shape index (κ2) is 10.5. The number of hydrogen-bond donors (Lipinski definition) is 0. The number of pyridine rings is 1. The molecule has 1 aromatic heterocycles. The lowest BCUT2D eigenvalue weighted by atomic mass is 9.96. The quantitative estimate of drug-likeness (QED) is 0.520. The van der Waals surface area contributed by atoms with Gasteiger partial charge in [-0.15, -0.1) is 0 Å². The van der Waals surface area contributed by atoms with Crippen LogP contribution in [0.3, 0.4) is 0 Å². The van der Waals surface area contributed by atoms with Crippen LogP contribution in [0.1, 0.15) is 40.1 Å². The highest BCUT2D eigenvalue weighted by atomic mass is 19.1. The fourth-order valence-corrected chi connectivity index (χ4v) is 4.21. The molecule has 0 amide bonds. The van der Waals surface area contributed by atoms with Crippen LogP contribution in [0.15, 0.2) is 72.9 Å². The third kappa shape index (κ3) is 5.39. The highest BCUT2D eigenvalue weighted by Crippen LogP contribution is 2.30. The van der Waals surface area contributed by atoms with Gasteiger partial charge in [0.2, 0.25) is 0 Å². The van der Waals surface area contributed by atoms with E-state index in [4.69, 9.17) is 4.74 Å². The zero-order valence-electron chi connectivity index (χ0n) is 18.3. The van der Waals surface area contributed by atoms with E-state index in [0.717, 1.165) is 37.4 Å². The number of piperazine rings is 1. The zero-order valence-corrected chi connectivity index (χ0v) is 18.3. The summed E-state index contributed by atoms with van der Waals surface area (Å²) in [6, 6.07) is 20.8. The fourth-order valence-electron chi connectivity index (χ4n) is 4.21. The average Bonchev–Trinajstić information content (AvgIpc) is 2.83. The first-order chi connectivity index (χ1) is 15.6. The number of ether oxygens (including phenoxy) is 1. The maximum atomic E-state index is 13.5. The van der Waals surface area contributed by atoms with Gasteiger partial charge in [-0.25, -0.2) is 9.18 Å². The molecule has 0 aliphatic carbocycles. The van der Waals surface area contributed by atoms with E-state index >= 15 is 0 Å². The number of rotatable bonds is 7. The summed E-state index contributed by atoms with van der Waals surface area (Å²) in [6.07, 6.45) is 1.66. The number of esters is 1. The number of halogens is 1. The third-order valence-corrected chi connectivity index (χ3v) is 5.79. The van der Waals surface area contributed by atoms with Gasteiger partial charge in [-0.2, -0.15) is 0 Å². The molecule has 1 unspecified atom stereocenters. The van der Waals surface area contributed by atoms with E-state index in [1.165, 1.54) is 17.7 Å². The van der Waals surface area contributed by atoms with Crippen molar-refractivity contribution in [2.45, 2.75) is 19.5 Å². The molecule has 0 radical (unpaired) electrons. The van der Waals surface area contributed by atoms with Gasteiger partial charge in [-0.05, 0) is 42.3 Å². The van der Waals surface area contributed by atoms with Gasteiger partial charge in [0.1, 0.15) is 5.82 Å². The Morgan fingerprint density at radius 3 is 2.38 bits per heavy atom. The lowest BCUT2D eigenvalue weighted by Crippen LogP contribution is -2.47. The van der Waals surface area contributed by atoms with Crippen LogP contribution in [0.2, 0.25) is 0 Å². The maximum Gasteiger partial charge on any atom is 0.338 e. The van der Waals surface area contributed by atoms with Crippen LogP contribution in [-0.4, -0.2) is 53.5 Å². The summed E-state index contributed by atoms with van der Waals surface area (Å²) < 4.78 is 18.6. The zero-order chi connectivity index (χ0) is 22.3. The number of benzene rings is 2. The summed E-state index contributed by atoms with van der Waals surface area (Å²) in [6.45, 7) is 6.38. The molecule has 1 aliphatic heterocycles. The van der Waals surface area contributed by atoms with Crippen molar-refractivity contribution in [1.82, 2.24) is 14.8 Å². The van der Waals surface area contributed by atoms with Gasteiger partial charge in [0, 0.05) is 38.9 Å². The topological polar surface area (TPSA) is 45.7 Å². The molecule has 0 saturated carbocycles.